The molecule has 0 bridgehead atoms. The fourth-order valence-electron chi connectivity index (χ4n) is 2.13. The maximum atomic E-state index is 12.2. The van der Waals surface area contributed by atoms with Crippen molar-refractivity contribution in [2.75, 3.05) is 12.9 Å². The first-order valence-corrected chi connectivity index (χ1v) is 8.46. The van der Waals surface area contributed by atoms with Crippen LogP contribution in [0.4, 0.5) is 0 Å². The molecule has 0 radical (unpaired) electrons. The topological polar surface area (TPSA) is 69.4 Å². The Morgan fingerprint density at radius 3 is 2.48 bits per heavy atom. The maximum Gasteiger partial charge on any atom is 0.156 e. The summed E-state index contributed by atoms with van der Waals surface area (Å²) in [5, 5.41) is 0. The first-order valence-electron chi connectivity index (χ1n) is 6.64. The van der Waals surface area contributed by atoms with Gasteiger partial charge in [-0.3, -0.25) is 0 Å². The van der Waals surface area contributed by atoms with E-state index in [1.165, 1.54) is 0 Å². The van der Waals surface area contributed by atoms with Crippen LogP contribution in [0.5, 0.6) is 5.75 Å². The fraction of sp³-hybridized carbons (Fsp3) is 0.250. The molecule has 2 rings (SSSR count). The van der Waals surface area contributed by atoms with Crippen LogP contribution in [-0.2, 0) is 15.6 Å². The lowest BCUT2D eigenvalue weighted by molar-refractivity contribution is 0.414. The van der Waals surface area contributed by atoms with Gasteiger partial charge in [-0.2, -0.15) is 0 Å². The van der Waals surface area contributed by atoms with E-state index in [1.807, 2.05) is 24.3 Å². The van der Waals surface area contributed by atoms with Crippen molar-refractivity contribution in [3.63, 3.8) is 0 Å². The van der Waals surface area contributed by atoms with Crippen LogP contribution in [0.3, 0.4) is 0 Å². The highest BCUT2D eigenvalue weighted by Gasteiger charge is 2.18. The third kappa shape index (κ3) is 4.58. The molecule has 0 aliphatic rings. The Morgan fingerprint density at radius 2 is 1.81 bits per heavy atom. The number of hydrogen-bond acceptors (Lipinski definition) is 4. The number of hydrogen-bond donors (Lipinski definition) is 1. The first-order chi connectivity index (χ1) is 10.00. The van der Waals surface area contributed by atoms with Crippen molar-refractivity contribution in [1.82, 2.24) is 0 Å². The van der Waals surface area contributed by atoms with Crippen LogP contribution >= 0.6 is 0 Å². The van der Waals surface area contributed by atoms with Gasteiger partial charge in [0.1, 0.15) is 5.75 Å². The molecule has 0 heterocycles. The molecule has 2 aromatic carbocycles. The number of methoxy groups -OCH3 is 1. The van der Waals surface area contributed by atoms with Gasteiger partial charge in [0, 0.05) is 6.04 Å². The molecule has 2 N–H and O–H groups in total. The number of benzene rings is 2. The highest BCUT2D eigenvalue weighted by Crippen LogP contribution is 2.20. The average Bonchev–Trinajstić information content (AvgIpc) is 2.47. The van der Waals surface area contributed by atoms with Gasteiger partial charge >= 0.3 is 0 Å². The van der Waals surface area contributed by atoms with Gasteiger partial charge in [0.2, 0.25) is 0 Å². The molecule has 0 aliphatic heterocycles. The molecule has 1 unspecified atom stereocenters. The summed E-state index contributed by atoms with van der Waals surface area (Å²) in [6.07, 6.45) is 0. The zero-order valence-corrected chi connectivity index (χ0v) is 12.7. The second-order valence-corrected chi connectivity index (χ2v) is 7.03. The monoisotopic (exact) mass is 305 g/mol. The van der Waals surface area contributed by atoms with Gasteiger partial charge < -0.3 is 10.5 Å². The lowest BCUT2D eigenvalue weighted by atomic mass is 10.1. The van der Waals surface area contributed by atoms with E-state index in [9.17, 15) is 8.42 Å². The molecule has 0 fully saturated rings. The van der Waals surface area contributed by atoms with Crippen LogP contribution in [-0.4, -0.2) is 21.3 Å². The Hall–Kier alpha value is -1.85. The van der Waals surface area contributed by atoms with Crippen LogP contribution < -0.4 is 10.5 Å². The largest absolute Gasteiger partial charge is 0.497 e. The second kappa shape index (κ2) is 6.74. The van der Waals surface area contributed by atoms with E-state index in [0.717, 1.165) is 11.1 Å². The Morgan fingerprint density at radius 1 is 1.10 bits per heavy atom. The molecule has 0 amide bonds. The van der Waals surface area contributed by atoms with Crippen LogP contribution in [0, 0.1) is 0 Å². The van der Waals surface area contributed by atoms with Crippen molar-refractivity contribution in [1.29, 1.82) is 0 Å². The minimum atomic E-state index is -3.27. The lowest BCUT2D eigenvalue weighted by Crippen LogP contribution is -2.22. The molecule has 1 atom stereocenters. The molecule has 2 aromatic rings. The highest BCUT2D eigenvalue weighted by atomic mass is 32.2. The van der Waals surface area contributed by atoms with Crippen molar-refractivity contribution < 1.29 is 13.2 Å². The van der Waals surface area contributed by atoms with Crippen LogP contribution in [0.1, 0.15) is 17.2 Å². The molecule has 112 valence electrons. The molecule has 0 spiro atoms. The minimum absolute atomic E-state index is 0.00546. The van der Waals surface area contributed by atoms with Crippen LogP contribution in [0.25, 0.3) is 0 Å². The zero-order chi connectivity index (χ0) is 15.3. The summed E-state index contributed by atoms with van der Waals surface area (Å²) in [6.45, 7) is 0. The average molecular weight is 305 g/mol. The number of rotatable bonds is 6. The van der Waals surface area contributed by atoms with Gasteiger partial charge in [-0.15, -0.1) is 0 Å². The third-order valence-corrected chi connectivity index (χ3v) is 4.82. The van der Waals surface area contributed by atoms with Crippen molar-refractivity contribution in [3.05, 3.63) is 65.7 Å². The summed E-state index contributed by atoms with van der Waals surface area (Å²) in [7, 11) is -1.70. The van der Waals surface area contributed by atoms with E-state index in [4.69, 9.17) is 10.5 Å². The summed E-state index contributed by atoms with van der Waals surface area (Å²) >= 11 is 0. The fourth-order valence-corrected chi connectivity index (χ4v) is 3.69. The molecule has 0 saturated heterocycles. The van der Waals surface area contributed by atoms with E-state index in [1.54, 1.807) is 37.4 Å². The molecular weight excluding hydrogens is 286 g/mol. The first kappa shape index (κ1) is 15.5. The highest BCUT2D eigenvalue weighted by molar-refractivity contribution is 7.90. The van der Waals surface area contributed by atoms with E-state index in [2.05, 4.69) is 0 Å². The van der Waals surface area contributed by atoms with Crippen LogP contribution in [0.2, 0.25) is 0 Å². The molecule has 4 nitrogen and oxygen atoms in total. The quantitative estimate of drug-likeness (QED) is 0.889. The minimum Gasteiger partial charge on any atom is -0.497 e. The number of nitrogens with two attached hydrogens (primary N) is 1. The van der Waals surface area contributed by atoms with Crippen molar-refractivity contribution in [2.24, 2.45) is 5.73 Å². The molecular formula is C16H19NO3S. The standard InChI is InChI=1S/C16H19NO3S/c1-20-15-9-5-8-14(10-15)16(17)12-21(18,19)11-13-6-3-2-4-7-13/h2-10,16H,11-12,17H2,1H3. The summed E-state index contributed by atoms with van der Waals surface area (Å²) in [5.41, 5.74) is 7.55. The maximum absolute atomic E-state index is 12.2. The third-order valence-electron chi connectivity index (χ3n) is 3.18. The van der Waals surface area contributed by atoms with Gasteiger partial charge in [-0.05, 0) is 23.3 Å². The SMILES string of the molecule is COc1cccc(C(N)CS(=O)(=O)Cc2ccccc2)c1. The smallest absolute Gasteiger partial charge is 0.156 e. The Kier molecular flexibility index (Phi) is 4.98. The summed E-state index contributed by atoms with van der Waals surface area (Å²) < 4.78 is 29.6. The molecule has 0 aromatic heterocycles. The number of sulfone groups is 1. The Balaban J connectivity index is 2.08. The second-order valence-electron chi connectivity index (χ2n) is 4.92. The predicted octanol–water partition coefficient (Wildman–Crippen LogP) is 2.31. The molecule has 0 aliphatic carbocycles. The van der Waals surface area contributed by atoms with Crippen molar-refractivity contribution in [2.45, 2.75) is 11.8 Å². The molecule has 21 heavy (non-hydrogen) atoms. The normalized spacial score (nSPS) is 12.9. The van der Waals surface area contributed by atoms with Crippen molar-refractivity contribution >= 4 is 9.84 Å². The lowest BCUT2D eigenvalue weighted by Gasteiger charge is -2.13. The van der Waals surface area contributed by atoms with Gasteiger partial charge in [-0.1, -0.05) is 42.5 Å². The summed E-state index contributed by atoms with van der Waals surface area (Å²) in [6, 6.07) is 15.7. The van der Waals surface area contributed by atoms with E-state index < -0.39 is 15.9 Å². The van der Waals surface area contributed by atoms with E-state index in [0.29, 0.717) is 5.75 Å². The van der Waals surface area contributed by atoms with Gasteiger partial charge in [-0.25, -0.2) is 8.42 Å². The Bertz CT molecular complexity index is 684. The molecule has 5 heteroatoms. The van der Waals surface area contributed by atoms with Crippen molar-refractivity contribution in [3.8, 4) is 5.75 Å². The Labute approximate surface area is 125 Å². The van der Waals surface area contributed by atoms with Gasteiger partial charge in [0.25, 0.3) is 0 Å². The molecule has 0 saturated carbocycles. The summed E-state index contributed by atoms with van der Waals surface area (Å²) in [5.74, 6) is 0.587. The van der Waals surface area contributed by atoms with E-state index in [-0.39, 0.29) is 11.5 Å². The summed E-state index contributed by atoms with van der Waals surface area (Å²) in [4.78, 5) is 0. The van der Waals surface area contributed by atoms with Gasteiger partial charge in [0.15, 0.2) is 9.84 Å². The predicted molar refractivity (Wildman–Crippen MR) is 83.9 cm³/mol. The van der Waals surface area contributed by atoms with E-state index >= 15 is 0 Å². The van der Waals surface area contributed by atoms with Crippen LogP contribution in [0.15, 0.2) is 54.6 Å². The van der Waals surface area contributed by atoms with Gasteiger partial charge in [0.05, 0.1) is 18.6 Å². The zero-order valence-electron chi connectivity index (χ0n) is 11.9. The number of ether oxygens (including phenoxy) is 1.